The summed E-state index contributed by atoms with van der Waals surface area (Å²) in [5.74, 6) is 1.52. The van der Waals surface area contributed by atoms with E-state index in [4.69, 9.17) is 5.73 Å². The fraction of sp³-hybridized carbons (Fsp3) is 0.857. The highest BCUT2D eigenvalue weighted by molar-refractivity contribution is 5.82. The van der Waals surface area contributed by atoms with Crippen molar-refractivity contribution < 1.29 is 0 Å². The molecule has 0 unspecified atom stereocenters. The van der Waals surface area contributed by atoms with Gasteiger partial charge in [-0.1, -0.05) is 13.8 Å². The van der Waals surface area contributed by atoms with E-state index in [9.17, 15) is 0 Å². The zero-order chi connectivity index (χ0) is 6.85. The monoisotopic (exact) mass is 126 g/mol. The molecule has 0 aliphatic carbocycles. The molecule has 2 nitrogen and oxygen atoms in total. The van der Waals surface area contributed by atoms with Crippen LogP contribution in [-0.2, 0) is 0 Å². The number of nitrogens with zero attached hydrogens (tertiary/aromatic N) is 1. The van der Waals surface area contributed by atoms with Crippen molar-refractivity contribution in [2.75, 3.05) is 0 Å². The van der Waals surface area contributed by atoms with Crippen molar-refractivity contribution in [3.63, 3.8) is 0 Å². The maximum absolute atomic E-state index is 5.54. The molecule has 0 amide bonds. The lowest BCUT2D eigenvalue weighted by molar-refractivity contribution is 0.492. The van der Waals surface area contributed by atoms with Crippen LogP contribution in [0.2, 0.25) is 0 Å². The fourth-order valence-electron chi connectivity index (χ4n) is 1.35. The van der Waals surface area contributed by atoms with Gasteiger partial charge >= 0.3 is 0 Å². The number of hydrogen-bond acceptors (Lipinski definition) is 2. The molecule has 1 aliphatic heterocycles. The Kier molecular flexibility index (Phi) is 1.74. The molecule has 0 aromatic rings. The summed E-state index contributed by atoms with van der Waals surface area (Å²) in [6.45, 7) is 4.36. The molecule has 0 spiro atoms. The first-order valence-electron chi connectivity index (χ1n) is 3.56. The Morgan fingerprint density at radius 3 is 2.67 bits per heavy atom. The van der Waals surface area contributed by atoms with Crippen LogP contribution in [0, 0.1) is 5.92 Å². The van der Waals surface area contributed by atoms with Gasteiger partial charge in [0.1, 0.15) is 0 Å². The molecular formula is C7H14N2. The van der Waals surface area contributed by atoms with Crippen molar-refractivity contribution in [2.45, 2.75) is 32.7 Å². The lowest BCUT2D eigenvalue weighted by Crippen LogP contribution is -2.10. The first-order valence-corrected chi connectivity index (χ1v) is 3.56. The van der Waals surface area contributed by atoms with Crippen LogP contribution < -0.4 is 5.73 Å². The fourth-order valence-corrected chi connectivity index (χ4v) is 1.35. The average Bonchev–Trinajstić information content (AvgIpc) is 2.10. The molecular weight excluding hydrogens is 112 g/mol. The van der Waals surface area contributed by atoms with E-state index in [0.29, 0.717) is 12.0 Å². The van der Waals surface area contributed by atoms with Crippen LogP contribution in [-0.4, -0.2) is 11.9 Å². The van der Waals surface area contributed by atoms with E-state index < -0.39 is 0 Å². The summed E-state index contributed by atoms with van der Waals surface area (Å²) in [6.07, 6.45) is 2.13. The molecule has 0 saturated heterocycles. The summed E-state index contributed by atoms with van der Waals surface area (Å²) >= 11 is 0. The maximum atomic E-state index is 5.54. The highest BCUT2D eigenvalue weighted by Crippen LogP contribution is 2.20. The Balaban J connectivity index is 2.53. The number of nitrogens with two attached hydrogens (primary N) is 1. The molecule has 2 heteroatoms. The van der Waals surface area contributed by atoms with Crippen LogP contribution >= 0.6 is 0 Å². The second kappa shape index (κ2) is 2.38. The standard InChI is InChI=1S/C7H14N2/c1-3-6-5(2)4-7(8)9-6/h5-6H,3-4H2,1-2H3,(H2,8,9)/t5-,6+/m0/s1. The zero-order valence-electron chi connectivity index (χ0n) is 6.09. The Labute approximate surface area is 56.2 Å². The average molecular weight is 126 g/mol. The number of aliphatic imine (C=N–C) groups is 1. The molecule has 1 aliphatic rings. The van der Waals surface area contributed by atoms with Gasteiger partial charge in [-0.05, 0) is 12.3 Å². The summed E-state index contributed by atoms with van der Waals surface area (Å²) in [6, 6.07) is 0.505. The van der Waals surface area contributed by atoms with Crippen LogP contribution in [0.4, 0.5) is 0 Å². The van der Waals surface area contributed by atoms with Gasteiger partial charge in [0, 0.05) is 6.42 Å². The largest absolute Gasteiger partial charge is 0.387 e. The van der Waals surface area contributed by atoms with Crippen molar-refractivity contribution in [1.29, 1.82) is 0 Å². The van der Waals surface area contributed by atoms with Gasteiger partial charge in [-0.2, -0.15) is 0 Å². The predicted octanol–water partition coefficient (Wildman–Crippen LogP) is 1.16. The molecule has 0 aromatic heterocycles. The Bertz CT molecular complexity index is 129. The minimum Gasteiger partial charge on any atom is -0.387 e. The second-order valence-corrected chi connectivity index (χ2v) is 2.78. The first-order chi connectivity index (χ1) is 4.24. The quantitative estimate of drug-likeness (QED) is 0.562. The highest BCUT2D eigenvalue weighted by atomic mass is 14.9. The van der Waals surface area contributed by atoms with Crippen molar-refractivity contribution in [3.8, 4) is 0 Å². The van der Waals surface area contributed by atoms with Gasteiger partial charge in [0.15, 0.2) is 0 Å². The van der Waals surface area contributed by atoms with E-state index in [-0.39, 0.29) is 0 Å². The van der Waals surface area contributed by atoms with Crippen LogP contribution in [0.15, 0.2) is 4.99 Å². The Hall–Kier alpha value is -0.530. The summed E-state index contributed by atoms with van der Waals surface area (Å²) in [4.78, 5) is 4.28. The third-order valence-corrected chi connectivity index (χ3v) is 1.94. The smallest absolute Gasteiger partial charge is 0.0944 e. The van der Waals surface area contributed by atoms with E-state index in [1.807, 2.05) is 0 Å². The number of amidine groups is 1. The van der Waals surface area contributed by atoms with Crippen LogP contribution in [0.5, 0.6) is 0 Å². The Morgan fingerprint density at radius 2 is 2.44 bits per heavy atom. The van der Waals surface area contributed by atoms with E-state index in [2.05, 4.69) is 18.8 Å². The molecule has 2 atom stereocenters. The molecule has 52 valence electrons. The van der Waals surface area contributed by atoms with Gasteiger partial charge < -0.3 is 5.73 Å². The number of rotatable bonds is 1. The van der Waals surface area contributed by atoms with Gasteiger partial charge in [-0.25, -0.2) is 0 Å². The van der Waals surface area contributed by atoms with Gasteiger partial charge in [0.05, 0.1) is 11.9 Å². The molecule has 9 heavy (non-hydrogen) atoms. The minimum atomic E-state index is 0.505. The second-order valence-electron chi connectivity index (χ2n) is 2.78. The predicted molar refractivity (Wildman–Crippen MR) is 39.5 cm³/mol. The van der Waals surface area contributed by atoms with Gasteiger partial charge in [-0.15, -0.1) is 0 Å². The van der Waals surface area contributed by atoms with Crippen LogP contribution in [0.3, 0.4) is 0 Å². The Morgan fingerprint density at radius 1 is 1.78 bits per heavy atom. The lowest BCUT2D eigenvalue weighted by atomic mass is 10.0. The highest BCUT2D eigenvalue weighted by Gasteiger charge is 2.21. The van der Waals surface area contributed by atoms with E-state index in [1.165, 1.54) is 0 Å². The molecule has 0 fully saturated rings. The minimum absolute atomic E-state index is 0.505. The van der Waals surface area contributed by atoms with Crippen LogP contribution in [0.25, 0.3) is 0 Å². The molecule has 0 bridgehead atoms. The first kappa shape index (κ1) is 6.59. The molecule has 1 heterocycles. The molecule has 0 saturated carbocycles. The summed E-state index contributed by atoms with van der Waals surface area (Å²) < 4.78 is 0. The van der Waals surface area contributed by atoms with E-state index in [0.717, 1.165) is 18.7 Å². The third kappa shape index (κ3) is 1.23. The maximum Gasteiger partial charge on any atom is 0.0944 e. The van der Waals surface area contributed by atoms with Crippen molar-refractivity contribution in [2.24, 2.45) is 16.6 Å². The van der Waals surface area contributed by atoms with E-state index >= 15 is 0 Å². The van der Waals surface area contributed by atoms with Gasteiger partial charge in [-0.3, -0.25) is 4.99 Å². The normalized spacial score (nSPS) is 34.7. The topological polar surface area (TPSA) is 38.4 Å². The van der Waals surface area contributed by atoms with Gasteiger partial charge in [0.25, 0.3) is 0 Å². The number of hydrogen-bond donors (Lipinski definition) is 1. The summed E-state index contributed by atoms with van der Waals surface area (Å²) in [7, 11) is 0. The molecule has 2 N–H and O–H groups in total. The summed E-state index contributed by atoms with van der Waals surface area (Å²) in [5.41, 5.74) is 5.54. The molecule has 1 rings (SSSR count). The lowest BCUT2D eigenvalue weighted by Gasteiger charge is -2.07. The zero-order valence-corrected chi connectivity index (χ0v) is 6.09. The third-order valence-electron chi connectivity index (χ3n) is 1.94. The SMILES string of the molecule is CC[C@H]1N=C(N)C[C@@H]1C. The van der Waals surface area contributed by atoms with Crippen molar-refractivity contribution in [1.82, 2.24) is 0 Å². The molecule has 0 radical (unpaired) electrons. The molecule has 0 aromatic carbocycles. The van der Waals surface area contributed by atoms with E-state index in [1.54, 1.807) is 0 Å². The van der Waals surface area contributed by atoms with Crippen LogP contribution in [0.1, 0.15) is 26.7 Å². The van der Waals surface area contributed by atoms with Crippen molar-refractivity contribution >= 4 is 5.84 Å². The summed E-state index contributed by atoms with van der Waals surface area (Å²) in [5, 5.41) is 0. The van der Waals surface area contributed by atoms with Crippen molar-refractivity contribution in [3.05, 3.63) is 0 Å². The van der Waals surface area contributed by atoms with Gasteiger partial charge in [0.2, 0.25) is 0 Å².